The van der Waals surface area contributed by atoms with Crippen molar-refractivity contribution in [3.05, 3.63) is 80.1 Å². The number of carbonyl (C=O) groups excluding carboxylic acids is 3. The molecule has 1 heterocycles. The van der Waals surface area contributed by atoms with Gasteiger partial charge in [-0.15, -0.1) is 11.3 Å². The van der Waals surface area contributed by atoms with Crippen molar-refractivity contribution in [1.82, 2.24) is 5.43 Å². The van der Waals surface area contributed by atoms with Gasteiger partial charge in [-0.25, -0.2) is 10.2 Å². The van der Waals surface area contributed by atoms with Gasteiger partial charge in [0.15, 0.2) is 0 Å². The molecule has 0 saturated carbocycles. The summed E-state index contributed by atoms with van der Waals surface area (Å²) >= 11 is 4.73. The fourth-order valence-electron chi connectivity index (χ4n) is 4.09. The minimum Gasteiger partial charge on any atom is -0.488 e. The zero-order valence-corrected chi connectivity index (χ0v) is 23.5. The summed E-state index contributed by atoms with van der Waals surface area (Å²) in [4.78, 5) is 38.8. The standard InChI is InChI=1S/C28H28BrN3O5S/c1-3-36-28(35)24-21-13-8-17(2)14-23(21)38-27(24)31-25(33)26(34)32-30-15-19-6-4-5-7-22(19)37-16-18-9-11-20(29)12-10-18/h4-7,9-12,15,17H,3,8,13-14,16H2,1-2H3,(H,31,33)(H,32,34)/b30-15+. The van der Waals surface area contributed by atoms with Crippen LogP contribution in [0.2, 0.25) is 0 Å². The van der Waals surface area contributed by atoms with Crippen molar-refractivity contribution in [3.63, 3.8) is 0 Å². The van der Waals surface area contributed by atoms with E-state index in [9.17, 15) is 14.4 Å². The van der Waals surface area contributed by atoms with Crippen LogP contribution in [-0.2, 0) is 33.8 Å². The maximum Gasteiger partial charge on any atom is 0.341 e. The average molecular weight is 599 g/mol. The number of ether oxygens (including phenoxy) is 2. The van der Waals surface area contributed by atoms with E-state index in [1.54, 1.807) is 19.1 Å². The maximum absolute atomic E-state index is 12.6. The number of nitrogens with zero attached hydrogens (tertiary/aromatic N) is 1. The van der Waals surface area contributed by atoms with Gasteiger partial charge in [0, 0.05) is 14.9 Å². The molecule has 0 bridgehead atoms. The van der Waals surface area contributed by atoms with Crippen LogP contribution in [0.15, 0.2) is 58.1 Å². The Bertz CT molecular complexity index is 1350. The first kappa shape index (κ1) is 27.5. The van der Waals surface area contributed by atoms with Crippen molar-refractivity contribution >= 4 is 56.3 Å². The number of carbonyl (C=O) groups is 3. The highest BCUT2D eigenvalue weighted by Gasteiger charge is 2.30. The first-order valence-corrected chi connectivity index (χ1v) is 13.9. The molecule has 2 N–H and O–H groups in total. The van der Waals surface area contributed by atoms with E-state index in [0.717, 1.165) is 39.7 Å². The smallest absolute Gasteiger partial charge is 0.341 e. The Hall–Kier alpha value is -3.50. The number of para-hydroxylation sites is 1. The highest BCUT2D eigenvalue weighted by molar-refractivity contribution is 9.10. The molecular weight excluding hydrogens is 570 g/mol. The molecule has 198 valence electrons. The van der Waals surface area contributed by atoms with Gasteiger partial charge in [-0.05, 0) is 67.5 Å². The molecule has 1 aromatic heterocycles. The molecule has 2 amide bonds. The summed E-state index contributed by atoms with van der Waals surface area (Å²) < 4.78 is 12.1. The Morgan fingerprint density at radius 2 is 1.89 bits per heavy atom. The molecule has 0 aliphatic heterocycles. The number of hydrogen-bond donors (Lipinski definition) is 2. The van der Waals surface area contributed by atoms with E-state index in [0.29, 0.717) is 34.4 Å². The number of rotatable bonds is 8. The molecule has 1 atom stereocenters. The lowest BCUT2D eigenvalue weighted by atomic mass is 9.88. The maximum atomic E-state index is 12.6. The fourth-order valence-corrected chi connectivity index (χ4v) is 5.75. The molecule has 4 rings (SSSR count). The zero-order valence-electron chi connectivity index (χ0n) is 21.1. The fraction of sp³-hybridized carbons (Fsp3) is 0.286. The monoisotopic (exact) mass is 597 g/mol. The summed E-state index contributed by atoms with van der Waals surface area (Å²) in [6, 6.07) is 15.0. The second kappa shape index (κ2) is 12.8. The second-order valence-electron chi connectivity index (χ2n) is 8.88. The van der Waals surface area contributed by atoms with Crippen LogP contribution in [0.5, 0.6) is 5.75 Å². The summed E-state index contributed by atoms with van der Waals surface area (Å²) in [5, 5.41) is 6.85. The summed E-state index contributed by atoms with van der Waals surface area (Å²) in [6.07, 6.45) is 3.92. The number of hydrogen-bond acceptors (Lipinski definition) is 7. The Morgan fingerprint density at radius 1 is 1.13 bits per heavy atom. The van der Waals surface area contributed by atoms with Gasteiger partial charge in [-0.2, -0.15) is 5.10 Å². The van der Waals surface area contributed by atoms with Gasteiger partial charge in [0.2, 0.25) is 0 Å². The zero-order chi connectivity index (χ0) is 27.1. The minimum absolute atomic E-state index is 0.219. The minimum atomic E-state index is -0.955. The molecule has 8 nitrogen and oxygen atoms in total. The van der Waals surface area contributed by atoms with Crippen molar-refractivity contribution in [2.45, 2.75) is 39.7 Å². The first-order chi connectivity index (χ1) is 18.4. The normalized spacial score (nSPS) is 14.6. The lowest BCUT2D eigenvalue weighted by Gasteiger charge is -2.18. The Balaban J connectivity index is 1.40. The number of amides is 2. The summed E-state index contributed by atoms with van der Waals surface area (Å²) in [6.45, 7) is 4.46. The first-order valence-electron chi connectivity index (χ1n) is 12.3. The number of hydrazone groups is 1. The van der Waals surface area contributed by atoms with Crippen LogP contribution in [0.3, 0.4) is 0 Å². The second-order valence-corrected chi connectivity index (χ2v) is 10.9. The Morgan fingerprint density at radius 3 is 2.66 bits per heavy atom. The molecule has 10 heteroatoms. The molecule has 1 aliphatic carbocycles. The lowest BCUT2D eigenvalue weighted by Crippen LogP contribution is -2.32. The van der Waals surface area contributed by atoms with Crippen molar-refractivity contribution < 1.29 is 23.9 Å². The van der Waals surface area contributed by atoms with Crippen LogP contribution >= 0.6 is 27.3 Å². The number of anilines is 1. The molecular formula is C28H28BrN3O5S. The van der Waals surface area contributed by atoms with Crippen LogP contribution in [0, 0.1) is 5.92 Å². The van der Waals surface area contributed by atoms with E-state index >= 15 is 0 Å². The van der Waals surface area contributed by atoms with Gasteiger partial charge in [0.25, 0.3) is 0 Å². The molecule has 0 fully saturated rings. The van der Waals surface area contributed by atoms with E-state index in [-0.39, 0.29) is 6.61 Å². The van der Waals surface area contributed by atoms with E-state index in [1.807, 2.05) is 36.4 Å². The quantitative estimate of drug-likeness (QED) is 0.155. The summed E-state index contributed by atoms with van der Waals surface area (Å²) in [7, 11) is 0. The SMILES string of the molecule is CCOC(=O)c1c(NC(=O)C(=O)N/N=C/c2ccccc2OCc2ccc(Br)cc2)sc2c1CCC(C)C2. The molecule has 1 unspecified atom stereocenters. The van der Waals surface area contributed by atoms with E-state index in [2.05, 4.69) is 38.7 Å². The highest BCUT2D eigenvalue weighted by atomic mass is 79.9. The molecule has 2 aromatic carbocycles. The van der Waals surface area contributed by atoms with Crippen molar-refractivity contribution in [3.8, 4) is 5.75 Å². The number of benzene rings is 2. The van der Waals surface area contributed by atoms with Crippen LogP contribution in [-0.4, -0.2) is 30.6 Å². The van der Waals surface area contributed by atoms with Gasteiger partial charge in [-0.1, -0.05) is 47.1 Å². The van der Waals surface area contributed by atoms with Gasteiger partial charge < -0.3 is 14.8 Å². The number of thiophene rings is 1. The Labute approximate surface area is 233 Å². The van der Waals surface area contributed by atoms with Gasteiger partial charge in [0.1, 0.15) is 17.4 Å². The van der Waals surface area contributed by atoms with Crippen molar-refractivity contribution in [2.75, 3.05) is 11.9 Å². The molecule has 3 aromatic rings. The van der Waals surface area contributed by atoms with Crippen molar-refractivity contribution in [1.29, 1.82) is 0 Å². The summed E-state index contributed by atoms with van der Waals surface area (Å²) in [5.74, 6) is -1.30. The third kappa shape index (κ3) is 6.87. The number of halogens is 1. The van der Waals surface area contributed by atoms with Crippen LogP contribution < -0.4 is 15.5 Å². The number of fused-ring (bicyclic) bond motifs is 1. The van der Waals surface area contributed by atoms with Gasteiger partial charge >= 0.3 is 17.8 Å². The predicted octanol–water partition coefficient (Wildman–Crippen LogP) is 5.48. The molecule has 1 aliphatic rings. The predicted molar refractivity (Wildman–Crippen MR) is 151 cm³/mol. The average Bonchev–Trinajstić information content (AvgIpc) is 3.25. The van der Waals surface area contributed by atoms with Crippen LogP contribution in [0.25, 0.3) is 0 Å². The molecule has 0 radical (unpaired) electrons. The largest absolute Gasteiger partial charge is 0.488 e. The van der Waals surface area contributed by atoms with E-state index in [4.69, 9.17) is 9.47 Å². The Kier molecular flexibility index (Phi) is 9.30. The third-order valence-corrected chi connectivity index (χ3v) is 7.72. The molecule has 38 heavy (non-hydrogen) atoms. The van der Waals surface area contributed by atoms with Crippen LogP contribution in [0.1, 0.15) is 52.2 Å². The van der Waals surface area contributed by atoms with Gasteiger partial charge in [-0.3, -0.25) is 9.59 Å². The highest BCUT2D eigenvalue weighted by Crippen LogP contribution is 2.40. The third-order valence-electron chi connectivity index (χ3n) is 6.02. The molecule has 0 spiro atoms. The lowest BCUT2D eigenvalue weighted by molar-refractivity contribution is -0.136. The topological polar surface area (TPSA) is 106 Å². The van der Waals surface area contributed by atoms with E-state index < -0.39 is 17.8 Å². The van der Waals surface area contributed by atoms with E-state index in [1.165, 1.54) is 17.6 Å². The number of nitrogens with one attached hydrogen (secondary N) is 2. The molecule has 0 saturated heterocycles. The van der Waals surface area contributed by atoms with Gasteiger partial charge in [0.05, 0.1) is 18.4 Å². The van der Waals surface area contributed by atoms with Crippen molar-refractivity contribution in [2.24, 2.45) is 11.0 Å². The summed E-state index contributed by atoms with van der Waals surface area (Å²) in [5.41, 5.74) is 5.13. The van der Waals surface area contributed by atoms with Crippen LogP contribution in [0.4, 0.5) is 5.00 Å². The number of esters is 1.